The molecule has 104 valence electrons. The fourth-order valence-electron chi connectivity index (χ4n) is 2.74. The van der Waals surface area contributed by atoms with Crippen LogP contribution in [0.3, 0.4) is 0 Å². The van der Waals surface area contributed by atoms with Crippen LogP contribution in [0.5, 0.6) is 0 Å². The second-order valence-corrected chi connectivity index (χ2v) is 6.62. The Bertz CT molecular complexity index is 468. The fraction of sp³-hybridized carbons (Fsp3) is 0.643. The maximum atomic E-state index is 12.1. The molecule has 1 aliphatic carbocycles. The molecule has 19 heavy (non-hydrogen) atoms. The summed E-state index contributed by atoms with van der Waals surface area (Å²) in [6.07, 6.45) is 3.79. The molecule has 0 unspecified atom stereocenters. The molecule has 1 aliphatic heterocycles. The molecule has 1 saturated carbocycles. The summed E-state index contributed by atoms with van der Waals surface area (Å²) in [5.41, 5.74) is 0.741. The summed E-state index contributed by atoms with van der Waals surface area (Å²) in [6, 6.07) is 2.12. The van der Waals surface area contributed by atoms with Crippen LogP contribution in [0.15, 0.2) is 11.4 Å². The molecule has 0 bridgehead atoms. The van der Waals surface area contributed by atoms with Crippen LogP contribution in [0.25, 0.3) is 0 Å². The molecule has 0 spiro atoms. The number of thiophene rings is 1. The van der Waals surface area contributed by atoms with Crippen LogP contribution in [0.4, 0.5) is 0 Å². The van der Waals surface area contributed by atoms with Gasteiger partial charge in [-0.15, -0.1) is 11.3 Å². The summed E-state index contributed by atoms with van der Waals surface area (Å²) in [4.78, 5) is 15.4. The van der Waals surface area contributed by atoms with E-state index < -0.39 is 5.60 Å². The molecule has 0 atom stereocenters. The number of nitrogens with zero attached hydrogens (tertiary/aromatic N) is 1. The van der Waals surface area contributed by atoms with E-state index in [1.807, 2.05) is 4.90 Å². The predicted molar refractivity (Wildman–Crippen MR) is 75.1 cm³/mol. The SMILES string of the molecule is O=C(CNCC1(O)CCC1)N1CCc2sccc2C1. The van der Waals surface area contributed by atoms with E-state index >= 15 is 0 Å². The first-order valence-corrected chi connectivity index (χ1v) is 7.80. The van der Waals surface area contributed by atoms with Crippen LogP contribution in [0.1, 0.15) is 29.7 Å². The highest BCUT2D eigenvalue weighted by Crippen LogP contribution is 2.30. The summed E-state index contributed by atoms with van der Waals surface area (Å²) < 4.78 is 0. The molecule has 4 nitrogen and oxygen atoms in total. The maximum Gasteiger partial charge on any atom is 0.236 e. The van der Waals surface area contributed by atoms with Crippen molar-refractivity contribution in [2.45, 2.75) is 37.8 Å². The molecule has 0 radical (unpaired) electrons. The van der Waals surface area contributed by atoms with E-state index in [1.165, 1.54) is 10.4 Å². The topological polar surface area (TPSA) is 52.6 Å². The number of carbonyl (C=O) groups is 1. The predicted octanol–water partition coefficient (Wildman–Crippen LogP) is 1.14. The van der Waals surface area contributed by atoms with Crippen molar-refractivity contribution in [2.75, 3.05) is 19.6 Å². The van der Waals surface area contributed by atoms with Crippen molar-refractivity contribution in [3.8, 4) is 0 Å². The first kappa shape index (κ1) is 13.1. The summed E-state index contributed by atoms with van der Waals surface area (Å²) in [5.74, 6) is 0.139. The summed E-state index contributed by atoms with van der Waals surface area (Å²) in [7, 11) is 0. The number of hydrogen-bond donors (Lipinski definition) is 2. The lowest BCUT2D eigenvalue weighted by Crippen LogP contribution is -2.49. The zero-order valence-corrected chi connectivity index (χ0v) is 11.8. The first-order valence-electron chi connectivity index (χ1n) is 6.92. The highest BCUT2D eigenvalue weighted by molar-refractivity contribution is 7.10. The normalized spacial score (nSPS) is 20.8. The number of carbonyl (C=O) groups excluding carboxylic acids is 1. The lowest BCUT2D eigenvalue weighted by molar-refractivity contribution is -0.131. The number of amides is 1. The Morgan fingerprint density at radius 2 is 2.37 bits per heavy atom. The molecule has 5 heteroatoms. The summed E-state index contributed by atoms with van der Waals surface area (Å²) in [6.45, 7) is 2.43. The smallest absolute Gasteiger partial charge is 0.236 e. The third kappa shape index (κ3) is 2.83. The van der Waals surface area contributed by atoms with Gasteiger partial charge in [0.2, 0.25) is 5.91 Å². The van der Waals surface area contributed by atoms with Crippen molar-refractivity contribution in [3.63, 3.8) is 0 Å². The molecule has 0 aromatic carbocycles. The molecular weight excluding hydrogens is 260 g/mol. The number of nitrogens with one attached hydrogen (secondary N) is 1. The molecule has 3 rings (SSSR count). The van der Waals surface area contributed by atoms with Gasteiger partial charge in [0.05, 0.1) is 12.1 Å². The third-order valence-electron chi connectivity index (χ3n) is 4.17. The zero-order chi connectivity index (χ0) is 13.3. The standard InChI is InChI=1S/C14H20N2O2S/c17-13(8-15-10-14(18)4-1-5-14)16-6-2-12-11(9-16)3-7-19-12/h3,7,15,18H,1-2,4-6,8-10H2. The van der Waals surface area contributed by atoms with E-state index in [4.69, 9.17) is 0 Å². The Kier molecular flexibility index (Phi) is 3.60. The van der Waals surface area contributed by atoms with Crippen LogP contribution < -0.4 is 5.32 Å². The first-order chi connectivity index (χ1) is 9.16. The largest absolute Gasteiger partial charge is 0.389 e. The van der Waals surface area contributed by atoms with Gasteiger partial charge in [0.15, 0.2) is 0 Å². The maximum absolute atomic E-state index is 12.1. The molecule has 2 N–H and O–H groups in total. The third-order valence-corrected chi connectivity index (χ3v) is 5.20. The van der Waals surface area contributed by atoms with Crippen molar-refractivity contribution < 1.29 is 9.90 Å². The molecule has 0 saturated heterocycles. The minimum Gasteiger partial charge on any atom is -0.389 e. The van der Waals surface area contributed by atoms with E-state index in [9.17, 15) is 9.90 Å². The number of aliphatic hydroxyl groups is 1. The van der Waals surface area contributed by atoms with Crippen LogP contribution in [-0.2, 0) is 17.8 Å². The van der Waals surface area contributed by atoms with Crippen LogP contribution in [0, 0.1) is 0 Å². The Morgan fingerprint density at radius 3 is 3.11 bits per heavy atom. The van der Waals surface area contributed by atoms with Crippen LogP contribution in [0.2, 0.25) is 0 Å². The summed E-state index contributed by atoms with van der Waals surface area (Å²) >= 11 is 1.78. The van der Waals surface area contributed by atoms with Gasteiger partial charge in [-0.3, -0.25) is 4.79 Å². The van der Waals surface area contributed by atoms with Crippen molar-refractivity contribution in [1.82, 2.24) is 10.2 Å². The number of rotatable bonds is 4. The quantitative estimate of drug-likeness (QED) is 0.869. The Morgan fingerprint density at radius 1 is 1.53 bits per heavy atom. The molecule has 2 heterocycles. The lowest BCUT2D eigenvalue weighted by Gasteiger charge is -2.37. The second-order valence-electron chi connectivity index (χ2n) is 5.62. The second kappa shape index (κ2) is 5.23. The van der Waals surface area contributed by atoms with Crippen LogP contribution >= 0.6 is 11.3 Å². The monoisotopic (exact) mass is 280 g/mol. The van der Waals surface area contributed by atoms with Gasteiger partial charge in [-0.25, -0.2) is 0 Å². The van der Waals surface area contributed by atoms with Gasteiger partial charge in [0.1, 0.15) is 0 Å². The molecule has 1 aromatic rings. The Labute approximate surface area is 117 Å². The molecule has 1 amide bonds. The lowest BCUT2D eigenvalue weighted by atomic mass is 9.80. The zero-order valence-electron chi connectivity index (χ0n) is 11.0. The van der Waals surface area contributed by atoms with Gasteiger partial charge in [-0.2, -0.15) is 0 Å². The van der Waals surface area contributed by atoms with E-state index in [0.29, 0.717) is 13.1 Å². The molecule has 2 aliphatic rings. The fourth-order valence-corrected chi connectivity index (χ4v) is 3.63. The van der Waals surface area contributed by atoms with Gasteiger partial charge in [0, 0.05) is 24.5 Å². The molecular formula is C14H20N2O2S. The van der Waals surface area contributed by atoms with Gasteiger partial charge in [-0.05, 0) is 42.7 Å². The van der Waals surface area contributed by atoms with Crippen LogP contribution in [-0.4, -0.2) is 41.1 Å². The van der Waals surface area contributed by atoms with Gasteiger partial charge in [0.25, 0.3) is 0 Å². The van der Waals surface area contributed by atoms with E-state index in [-0.39, 0.29) is 5.91 Å². The van der Waals surface area contributed by atoms with Crippen molar-refractivity contribution in [1.29, 1.82) is 0 Å². The Hall–Kier alpha value is -0.910. The molecule has 1 fully saturated rings. The summed E-state index contributed by atoms with van der Waals surface area (Å²) in [5, 5.41) is 15.2. The van der Waals surface area contributed by atoms with E-state index in [2.05, 4.69) is 16.8 Å². The van der Waals surface area contributed by atoms with E-state index in [0.717, 1.165) is 38.8 Å². The van der Waals surface area contributed by atoms with Gasteiger partial charge in [-0.1, -0.05) is 0 Å². The minimum absolute atomic E-state index is 0.139. The minimum atomic E-state index is -0.553. The van der Waals surface area contributed by atoms with Gasteiger partial charge < -0.3 is 15.3 Å². The van der Waals surface area contributed by atoms with Gasteiger partial charge >= 0.3 is 0 Å². The average molecular weight is 280 g/mol. The highest BCUT2D eigenvalue weighted by Gasteiger charge is 2.34. The Balaban J connectivity index is 1.46. The van der Waals surface area contributed by atoms with Crippen molar-refractivity contribution in [2.24, 2.45) is 0 Å². The molecule has 1 aromatic heterocycles. The van der Waals surface area contributed by atoms with E-state index in [1.54, 1.807) is 11.3 Å². The average Bonchev–Trinajstić information content (AvgIpc) is 2.83. The van der Waals surface area contributed by atoms with Crippen molar-refractivity contribution >= 4 is 17.2 Å². The number of hydrogen-bond acceptors (Lipinski definition) is 4. The number of fused-ring (bicyclic) bond motifs is 1. The van der Waals surface area contributed by atoms with Crippen molar-refractivity contribution in [3.05, 3.63) is 21.9 Å². The highest BCUT2D eigenvalue weighted by atomic mass is 32.1.